The molecule has 0 unspecified atom stereocenters. The third kappa shape index (κ3) is 9.64. The Morgan fingerprint density at radius 1 is 0.700 bits per heavy atom. The second-order valence-electron chi connectivity index (χ2n) is 9.12. The van der Waals surface area contributed by atoms with Crippen molar-refractivity contribution in [3.63, 3.8) is 0 Å². The SMILES string of the molecule is COc1ccc(CSCCc2ccc(Cl)c(COc3ccc(CSCCc4ccc(Cl)cc4Br)cc3)c2Br)cc1. The van der Waals surface area contributed by atoms with E-state index in [1.54, 1.807) is 7.11 Å². The van der Waals surface area contributed by atoms with Crippen molar-refractivity contribution in [2.45, 2.75) is 31.0 Å². The van der Waals surface area contributed by atoms with E-state index in [-0.39, 0.29) is 0 Å². The Bertz CT molecular complexity index is 1380. The van der Waals surface area contributed by atoms with Crippen LogP contribution in [0.5, 0.6) is 11.5 Å². The number of thioether (sulfide) groups is 2. The van der Waals surface area contributed by atoms with Crippen molar-refractivity contribution in [3.05, 3.63) is 126 Å². The number of aryl methyl sites for hydroxylation is 2. The summed E-state index contributed by atoms with van der Waals surface area (Å²) in [6.45, 7) is 0.413. The highest BCUT2D eigenvalue weighted by atomic mass is 79.9. The van der Waals surface area contributed by atoms with Gasteiger partial charge in [-0.25, -0.2) is 0 Å². The summed E-state index contributed by atoms with van der Waals surface area (Å²) in [7, 11) is 1.69. The molecule has 8 heteroatoms. The minimum atomic E-state index is 0.413. The Balaban J connectivity index is 1.22. The van der Waals surface area contributed by atoms with Crippen molar-refractivity contribution in [2.24, 2.45) is 0 Å². The zero-order valence-electron chi connectivity index (χ0n) is 22.1. The van der Waals surface area contributed by atoms with Crippen molar-refractivity contribution >= 4 is 78.6 Å². The van der Waals surface area contributed by atoms with Crippen LogP contribution in [0.15, 0.2) is 87.8 Å². The van der Waals surface area contributed by atoms with Crippen LogP contribution in [0.4, 0.5) is 0 Å². The van der Waals surface area contributed by atoms with Gasteiger partial charge < -0.3 is 9.47 Å². The molecule has 0 aliphatic heterocycles. The van der Waals surface area contributed by atoms with E-state index >= 15 is 0 Å². The Kier molecular flexibility index (Phi) is 13.0. The second kappa shape index (κ2) is 16.4. The highest BCUT2D eigenvalue weighted by Gasteiger charge is 2.12. The van der Waals surface area contributed by atoms with Gasteiger partial charge in [0.25, 0.3) is 0 Å². The molecule has 0 aliphatic carbocycles. The monoisotopic (exact) mass is 738 g/mol. The van der Waals surface area contributed by atoms with E-state index in [1.165, 1.54) is 22.3 Å². The first-order valence-electron chi connectivity index (χ1n) is 12.8. The maximum Gasteiger partial charge on any atom is 0.119 e. The van der Waals surface area contributed by atoms with Crippen LogP contribution in [0.1, 0.15) is 27.8 Å². The summed E-state index contributed by atoms with van der Waals surface area (Å²) in [6.07, 6.45) is 1.95. The van der Waals surface area contributed by atoms with Gasteiger partial charge in [0.15, 0.2) is 0 Å². The van der Waals surface area contributed by atoms with Gasteiger partial charge in [0.1, 0.15) is 18.1 Å². The highest BCUT2D eigenvalue weighted by molar-refractivity contribution is 9.10. The van der Waals surface area contributed by atoms with Gasteiger partial charge in [0.2, 0.25) is 0 Å². The molecule has 40 heavy (non-hydrogen) atoms. The second-order valence-corrected chi connectivity index (χ2v) is 13.8. The van der Waals surface area contributed by atoms with Crippen LogP contribution in [0.3, 0.4) is 0 Å². The molecule has 210 valence electrons. The Morgan fingerprint density at radius 2 is 1.27 bits per heavy atom. The number of hydrogen-bond donors (Lipinski definition) is 0. The molecule has 4 aromatic rings. The van der Waals surface area contributed by atoms with E-state index in [1.807, 2.05) is 66.0 Å². The van der Waals surface area contributed by atoms with Gasteiger partial charge in [0.05, 0.1) is 7.11 Å². The Hall–Kier alpha value is -1.28. The predicted octanol–water partition coefficient (Wildman–Crippen LogP) is 11.1. The highest BCUT2D eigenvalue weighted by Crippen LogP contribution is 2.31. The number of methoxy groups -OCH3 is 1. The van der Waals surface area contributed by atoms with Crippen LogP contribution in [0, 0.1) is 0 Å². The molecule has 0 aliphatic rings. The molecule has 0 saturated carbocycles. The molecule has 0 amide bonds. The summed E-state index contributed by atoms with van der Waals surface area (Å²) in [6, 6.07) is 26.6. The third-order valence-electron chi connectivity index (χ3n) is 6.32. The van der Waals surface area contributed by atoms with Crippen molar-refractivity contribution in [1.82, 2.24) is 0 Å². The smallest absolute Gasteiger partial charge is 0.119 e. The molecule has 0 bridgehead atoms. The first kappa shape index (κ1) is 31.7. The zero-order valence-corrected chi connectivity index (χ0v) is 28.4. The number of ether oxygens (including phenoxy) is 2. The summed E-state index contributed by atoms with van der Waals surface area (Å²) in [4.78, 5) is 0. The summed E-state index contributed by atoms with van der Waals surface area (Å²) in [5.41, 5.74) is 6.07. The van der Waals surface area contributed by atoms with Crippen LogP contribution in [-0.4, -0.2) is 18.6 Å². The fourth-order valence-electron chi connectivity index (χ4n) is 4.00. The lowest BCUT2D eigenvalue weighted by Gasteiger charge is -2.14. The minimum absolute atomic E-state index is 0.413. The van der Waals surface area contributed by atoms with Crippen LogP contribution in [0.2, 0.25) is 10.0 Å². The number of halogens is 4. The molecule has 0 fully saturated rings. The summed E-state index contributed by atoms with van der Waals surface area (Å²) >= 11 is 23.8. The molecular weight excluding hydrogens is 711 g/mol. The first-order chi connectivity index (χ1) is 19.4. The van der Waals surface area contributed by atoms with E-state index in [4.69, 9.17) is 32.7 Å². The van der Waals surface area contributed by atoms with Crippen LogP contribution < -0.4 is 9.47 Å². The van der Waals surface area contributed by atoms with E-state index in [9.17, 15) is 0 Å². The maximum atomic E-state index is 6.55. The van der Waals surface area contributed by atoms with E-state index in [2.05, 4.69) is 68.3 Å². The predicted molar refractivity (Wildman–Crippen MR) is 182 cm³/mol. The maximum absolute atomic E-state index is 6.55. The van der Waals surface area contributed by atoms with Gasteiger partial charge in [0, 0.05) is 36.1 Å². The average molecular weight is 741 g/mol. The zero-order chi connectivity index (χ0) is 28.3. The number of hydrogen-bond acceptors (Lipinski definition) is 4. The third-order valence-corrected chi connectivity index (χ3v) is 10.7. The van der Waals surface area contributed by atoms with Gasteiger partial charge >= 0.3 is 0 Å². The van der Waals surface area contributed by atoms with Crippen molar-refractivity contribution in [2.75, 3.05) is 18.6 Å². The lowest BCUT2D eigenvalue weighted by molar-refractivity contribution is 0.305. The average Bonchev–Trinajstić information content (AvgIpc) is 2.96. The summed E-state index contributed by atoms with van der Waals surface area (Å²) in [5.74, 6) is 5.71. The first-order valence-corrected chi connectivity index (χ1v) is 17.5. The summed E-state index contributed by atoms with van der Waals surface area (Å²) in [5, 5.41) is 1.46. The Labute approximate surface area is 272 Å². The molecule has 0 aromatic heterocycles. The van der Waals surface area contributed by atoms with E-state index in [0.29, 0.717) is 11.6 Å². The molecule has 2 nitrogen and oxygen atoms in total. The molecule has 0 atom stereocenters. The molecule has 0 saturated heterocycles. The molecule has 4 aromatic carbocycles. The normalized spacial score (nSPS) is 11.0. The van der Waals surface area contributed by atoms with Crippen LogP contribution in [0.25, 0.3) is 0 Å². The fraction of sp³-hybridized carbons (Fsp3) is 0.250. The topological polar surface area (TPSA) is 18.5 Å². The van der Waals surface area contributed by atoms with Crippen LogP contribution in [-0.2, 0) is 31.0 Å². The van der Waals surface area contributed by atoms with Crippen molar-refractivity contribution in [1.29, 1.82) is 0 Å². The van der Waals surface area contributed by atoms with E-state index < -0.39 is 0 Å². The van der Waals surface area contributed by atoms with Gasteiger partial charge in [-0.3, -0.25) is 0 Å². The van der Waals surface area contributed by atoms with Crippen LogP contribution >= 0.6 is 78.6 Å². The molecule has 0 spiro atoms. The van der Waals surface area contributed by atoms with E-state index in [0.717, 1.165) is 66.9 Å². The van der Waals surface area contributed by atoms with Crippen molar-refractivity contribution in [3.8, 4) is 11.5 Å². The standard InChI is InChI=1S/C32H30Br2Cl2O2S2/c1-37-27-9-2-22(3-10-27)20-40-17-15-25-7-13-31(36)29(32(25)34)19-38-28-11-4-23(5-12-28)21-39-16-14-24-6-8-26(35)18-30(24)33/h2-13,18H,14-17,19-21H2,1H3. The number of rotatable bonds is 14. The van der Waals surface area contributed by atoms with Gasteiger partial charge in [-0.2, -0.15) is 23.5 Å². The quantitative estimate of drug-likeness (QED) is 0.120. The van der Waals surface area contributed by atoms with Gasteiger partial charge in [-0.05, 0) is 89.1 Å². The molecular formula is C32H30Br2Cl2O2S2. The molecule has 0 radical (unpaired) electrons. The largest absolute Gasteiger partial charge is 0.497 e. The lowest BCUT2D eigenvalue weighted by Crippen LogP contribution is -2.01. The molecule has 0 N–H and O–H groups in total. The summed E-state index contributed by atoms with van der Waals surface area (Å²) < 4.78 is 13.5. The van der Waals surface area contributed by atoms with Gasteiger partial charge in [-0.15, -0.1) is 0 Å². The molecule has 4 rings (SSSR count). The fourth-order valence-corrected chi connectivity index (χ4v) is 7.74. The van der Waals surface area contributed by atoms with Crippen molar-refractivity contribution < 1.29 is 9.47 Å². The minimum Gasteiger partial charge on any atom is -0.497 e. The lowest BCUT2D eigenvalue weighted by atomic mass is 10.1. The number of benzene rings is 4. The Morgan fingerprint density at radius 3 is 1.88 bits per heavy atom. The molecule has 0 heterocycles. The van der Waals surface area contributed by atoms with Gasteiger partial charge in [-0.1, -0.05) is 91.5 Å².